The molecule has 0 bridgehead atoms. The molecule has 1 aromatic heterocycles. The van der Waals surface area contributed by atoms with Gasteiger partial charge in [0.25, 0.3) is 0 Å². The van der Waals surface area contributed by atoms with Crippen molar-refractivity contribution in [3.63, 3.8) is 0 Å². The number of amides is 4. The number of nitrogens with zero attached hydrogens (tertiary/aromatic N) is 2. The van der Waals surface area contributed by atoms with Crippen molar-refractivity contribution < 1.29 is 14.4 Å². The average molecular weight is 299 g/mol. The van der Waals surface area contributed by atoms with Gasteiger partial charge in [-0.05, 0) is 11.6 Å². The van der Waals surface area contributed by atoms with E-state index in [1.165, 1.54) is 14.1 Å². The molecule has 2 heterocycles. The molecule has 22 heavy (non-hydrogen) atoms. The third-order valence-electron chi connectivity index (χ3n) is 4.38. The number of fused-ring (bicyclic) bond motifs is 1. The predicted octanol–water partition coefficient (Wildman–Crippen LogP) is 1.94. The number of imide groups is 2. The number of barbiturate groups is 1. The van der Waals surface area contributed by atoms with Crippen LogP contribution in [0.15, 0.2) is 30.5 Å². The first kappa shape index (κ1) is 14.3. The fraction of sp³-hybridized carbons (Fsp3) is 0.312. The van der Waals surface area contributed by atoms with Gasteiger partial charge in [-0.1, -0.05) is 25.1 Å². The highest BCUT2D eigenvalue weighted by Crippen LogP contribution is 2.34. The minimum absolute atomic E-state index is 0.325. The number of aromatic amines is 1. The summed E-state index contributed by atoms with van der Waals surface area (Å²) in [6.07, 6.45) is 1.83. The van der Waals surface area contributed by atoms with Crippen molar-refractivity contribution in [1.82, 2.24) is 14.8 Å². The molecule has 1 saturated heterocycles. The highest BCUT2D eigenvalue weighted by Gasteiger charge is 2.45. The van der Waals surface area contributed by atoms with Crippen molar-refractivity contribution in [2.45, 2.75) is 12.8 Å². The van der Waals surface area contributed by atoms with Crippen molar-refractivity contribution in [2.24, 2.45) is 5.92 Å². The number of hydrogen-bond donors (Lipinski definition) is 1. The van der Waals surface area contributed by atoms with E-state index in [9.17, 15) is 14.4 Å². The van der Waals surface area contributed by atoms with Gasteiger partial charge in [0.05, 0.1) is 0 Å². The Balaban J connectivity index is 2.04. The molecule has 1 aliphatic heterocycles. The topological polar surface area (TPSA) is 73.5 Å². The molecule has 1 aliphatic rings. The van der Waals surface area contributed by atoms with Crippen LogP contribution in [0, 0.1) is 5.92 Å². The number of benzene rings is 1. The van der Waals surface area contributed by atoms with E-state index < -0.39 is 23.8 Å². The van der Waals surface area contributed by atoms with Crippen molar-refractivity contribution in [3.8, 4) is 0 Å². The summed E-state index contributed by atoms with van der Waals surface area (Å²) in [7, 11) is 2.81. The molecule has 4 amide bonds. The van der Waals surface area contributed by atoms with Crippen LogP contribution in [-0.2, 0) is 9.59 Å². The predicted molar refractivity (Wildman–Crippen MR) is 81.1 cm³/mol. The molecule has 1 aromatic carbocycles. The zero-order valence-electron chi connectivity index (χ0n) is 12.7. The second-order valence-electron chi connectivity index (χ2n) is 5.63. The number of rotatable bonds is 2. The van der Waals surface area contributed by atoms with Crippen molar-refractivity contribution in [3.05, 3.63) is 36.0 Å². The fourth-order valence-electron chi connectivity index (χ4n) is 3.01. The van der Waals surface area contributed by atoms with E-state index in [0.717, 1.165) is 26.3 Å². The Labute approximate surface area is 127 Å². The molecule has 3 rings (SSSR count). The summed E-state index contributed by atoms with van der Waals surface area (Å²) < 4.78 is 0. The molecule has 6 heteroatoms. The quantitative estimate of drug-likeness (QED) is 0.861. The standard InChI is InChI=1S/C16H17N3O3/c1-9(11-8-17-12-7-5-4-6-10(11)12)13-14(20)18(2)16(22)19(3)15(13)21/h4-9,13,17H,1-3H3. The van der Waals surface area contributed by atoms with Gasteiger partial charge in [0.1, 0.15) is 5.92 Å². The second-order valence-corrected chi connectivity index (χ2v) is 5.63. The van der Waals surface area contributed by atoms with Crippen LogP contribution in [0.2, 0.25) is 0 Å². The first-order valence-corrected chi connectivity index (χ1v) is 7.08. The van der Waals surface area contributed by atoms with Gasteiger partial charge in [0, 0.05) is 37.1 Å². The van der Waals surface area contributed by atoms with Crippen LogP contribution in [0.4, 0.5) is 4.79 Å². The maximum atomic E-state index is 12.4. The average Bonchev–Trinajstić information content (AvgIpc) is 2.95. The monoisotopic (exact) mass is 299 g/mol. The number of para-hydroxylation sites is 1. The number of hydrogen-bond acceptors (Lipinski definition) is 3. The molecule has 0 spiro atoms. The fourth-order valence-corrected chi connectivity index (χ4v) is 3.01. The summed E-state index contributed by atoms with van der Waals surface area (Å²) in [6, 6.07) is 7.15. The van der Waals surface area contributed by atoms with Crippen LogP contribution in [0.3, 0.4) is 0 Å². The summed E-state index contributed by atoms with van der Waals surface area (Å²) in [5.74, 6) is -2.11. The van der Waals surface area contributed by atoms with Crippen LogP contribution in [0.1, 0.15) is 18.4 Å². The van der Waals surface area contributed by atoms with E-state index in [2.05, 4.69) is 4.98 Å². The number of urea groups is 1. The summed E-state index contributed by atoms with van der Waals surface area (Å²) in [5, 5.41) is 0.984. The van der Waals surface area contributed by atoms with E-state index in [0.29, 0.717) is 0 Å². The Morgan fingerprint density at radius 1 is 1.05 bits per heavy atom. The lowest BCUT2D eigenvalue weighted by atomic mass is 9.84. The number of carbonyl (C=O) groups excluding carboxylic acids is 3. The third-order valence-corrected chi connectivity index (χ3v) is 4.38. The molecule has 0 radical (unpaired) electrons. The minimum atomic E-state index is -0.882. The zero-order valence-corrected chi connectivity index (χ0v) is 12.7. The molecule has 114 valence electrons. The van der Waals surface area contributed by atoms with Crippen LogP contribution in [-0.4, -0.2) is 46.7 Å². The minimum Gasteiger partial charge on any atom is -0.361 e. The summed E-state index contributed by atoms with van der Waals surface area (Å²) in [6.45, 7) is 1.84. The van der Waals surface area contributed by atoms with Crippen LogP contribution < -0.4 is 0 Å². The van der Waals surface area contributed by atoms with Gasteiger partial charge in [-0.15, -0.1) is 0 Å². The Kier molecular flexibility index (Phi) is 3.24. The number of aromatic nitrogens is 1. The van der Waals surface area contributed by atoms with E-state index in [-0.39, 0.29) is 5.92 Å². The SMILES string of the molecule is CC(c1c[nH]c2ccccc12)C1C(=O)N(C)C(=O)N(C)C1=O. The van der Waals surface area contributed by atoms with Gasteiger partial charge in [-0.3, -0.25) is 19.4 Å². The Hall–Kier alpha value is -2.63. The summed E-state index contributed by atoms with van der Waals surface area (Å²) in [4.78, 5) is 41.8. The van der Waals surface area contributed by atoms with Crippen LogP contribution in [0.25, 0.3) is 10.9 Å². The molecule has 1 atom stereocenters. The second kappa shape index (κ2) is 4.98. The largest absolute Gasteiger partial charge is 0.361 e. The van der Waals surface area contributed by atoms with Crippen LogP contribution >= 0.6 is 0 Å². The molecule has 0 aliphatic carbocycles. The summed E-state index contributed by atoms with van der Waals surface area (Å²) in [5.41, 5.74) is 1.86. The molecule has 2 aromatic rings. The zero-order chi connectivity index (χ0) is 16.0. The van der Waals surface area contributed by atoms with Gasteiger partial charge in [0.2, 0.25) is 11.8 Å². The summed E-state index contributed by atoms with van der Waals surface area (Å²) >= 11 is 0. The van der Waals surface area contributed by atoms with Gasteiger partial charge in [-0.25, -0.2) is 4.79 Å². The first-order chi connectivity index (χ1) is 10.4. The number of H-pyrrole nitrogens is 1. The Bertz CT molecular complexity index is 756. The van der Waals surface area contributed by atoms with Crippen molar-refractivity contribution >= 4 is 28.7 Å². The van der Waals surface area contributed by atoms with Gasteiger partial charge in [0.15, 0.2) is 0 Å². The molecule has 1 fully saturated rings. The molecular formula is C16H17N3O3. The third kappa shape index (κ3) is 1.91. The highest BCUT2D eigenvalue weighted by atomic mass is 16.2. The first-order valence-electron chi connectivity index (χ1n) is 7.08. The smallest absolute Gasteiger partial charge is 0.332 e. The lowest BCUT2D eigenvalue weighted by Crippen LogP contribution is -2.57. The maximum absolute atomic E-state index is 12.4. The van der Waals surface area contributed by atoms with Crippen molar-refractivity contribution in [1.29, 1.82) is 0 Å². The Morgan fingerprint density at radius 2 is 1.64 bits per heavy atom. The molecule has 1 N–H and O–H groups in total. The van der Waals surface area contributed by atoms with E-state index in [1.807, 2.05) is 37.4 Å². The van der Waals surface area contributed by atoms with E-state index in [1.54, 1.807) is 0 Å². The Morgan fingerprint density at radius 3 is 2.27 bits per heavy atom. The molecule has 1 unspecified atom stereocenters. The van der Waals surface area contributed by atoms with Gasteiger partial charge < -0.3 is 4.98 Å². The van der Waals surface area contributed by atoms with E-state index in [4.69, 9.17) is 0 Å². The molecule has 6 nitrogen and oxygen atoms in total. The lowest BCUT2D eigenvalue weighted by molar-refractivity contribution is -0.148. The molecular weight excluding hydrogens is 282 g/mol. The van der Waals surface area contributed by atoms with E-state index >= 15 is 0 Å². The highest BCUT2D eigenvalue weighted by molar-refractivity contribution is 6.16. The number of nitrogens with one attached hydrogen (secondary N) is 1. The normalized spacial score (nSPS) is 18.4. The number of carbonyl (C=O) groups is 3. The van der Waals surface area contributed by atoms with Gasteiger partial charge in [-0.2, -0.15) is 0 Å². The lowest BCUT2D eigenvalue weighted by Gasteiger charge is -2.35. The maximum Gasteiger partial charge on any atom is 0.332 e. The van der Waals surface area contributed by atoms with Crippen molar-refractivity contribution in [2.75, 3.05) is 14.1 Å². The van der Waals surface area contributed by atoms with Crippen LogP contribution in [0.5, 0.6) is 0 Å². The van der Waals surface area contributed by atoms with Gasteiger partial charge >= 0.3 is 6.03 Å². The molecule has 0 saturated carbocycles.